The Morgan fingerprint density at radius 1 is 0.923 bits per heavy atom. The summed E-state index contributed by atoms with van der Waals surface area (Å²) in [7, 11) is 0. The lowest BCUT2D eigenvalue weighted by molar-refractivity contribution is 0.306. The van der Waals surface area contributed by atoms with Crippen LogP contribution in [-0.2, 0) is 6.61 Å². The molecule has 26 heavy (non-hydrogen) atoms. The maximum atomic E-state index is 5.81. The highest BCUT2D eigenvalue weighted by atomic mass is 79.9. The van der Waals surface area contributed by atoms with Crippen LogP contribution in [0.4, 0.5) is 5.69 Å². The van der Waals surface area contributed by atoms with Gasteiger partial charge in [-0.05, 0) is 84.6 Å². The number of aryl methyl sites for hydroxylation is 2. The summed E-state index contributed by atoms with van der Waals surface area (Å²) in [6.07, 6.45) is 1.80. The molecule has 0 unspecified atom stereocenters. The van der Waals surface area contributed by atoms with Gasteiger partial charge in [-0.15, -0.1) is 0 Å². The summed E-state index contributed by atoms with van der Waals surface area (Å²) in [4.78, 5) is 0. The molecule has 0 atom stereocenters. The monoisotopic (exact) mass is 408 g/mol. The first-order valence-corrected chi connectivity index (χ1v) is 9.23. The second-order valence-corrected chi connectivity index (χ2v) is 7.07. The Morgan fingerprint density at radius 3 is 2.35 bits per heavy atom. The largest absolute Gasteiger partial charge is 0.489 e. The van der Waals surface area contributed by atoms with E-state index in [1.807, 2.05) is 54.6 Å². The third kappa shape index (κ3) is 5.20. The molecule has 3 nitrogen and oxygen atoms in total. The van der Waals surface area contributed by atoms with E-state index in [9.17, 15) is 0 Å². The van der Waals surface area contributed by atoms with Gasteiger partial charge < -0.3 is 4.74 Å². The first-order chi connectivity index (χ1) is 12.6. The number of hydrogen-bond donors (Lipinski definition) is 1. The second-order valence-electron chi connectivity index (χ2n) is 6.15. The van der Waals surface area contributed by atoms with E-state index >= 15 is 0 Å². The molecular weight excluding hydrogens is 388 g/mol. The molecule has 3 rings (SSSR count). The number of hydrazone groups is 1. The van der Waals surface area contributed by atoms with Gasteiger partial charge >= 0.3 is 0 Å². The molecule has 4 heteroatoms. The first kappa shape index (κ1) is 18.2. The van der Waals surface area contributed by atoms with Gasteiger partial charge in [-0.1, -0.05) is 34.1 Å². The van der Waals surface area contributed by atoms with Gasteiger partial charge in [-0.25, -0.2) is 0 Å². The molecule has 3 aromatic rings. The number of halogens is 1. The van der Waals surface area contributed by atoms with Crippen LogP contribution in [0, 0.1) is 13.8 Å². The minimum Gasteiger partial charge on any atom is -0.489 e. The average molecular weight is 409 g/mol. The Hall–Kier alpha value is -2.59. The smallest absolute Gasteiger partial charge is 0.119 e. The van der Waals surface area contributed by atoms with Gasteiger partial charge in [0.1, 0.15) is 12.4 Å². The van der Waals surface area contributed by atoms with Crippen molar-refractivity contribution < 1.29 is 4.74 Å². The lowest BCUT2D eigenvalue weighted by atomic mass is 10.1. The molecule has 0 saturated carbocycles. The van der Waals surface area contributed by atoms with Gasteiger partial charge in [-0.3, -0.25) is 5.43 Å². The fraction of sp³-hybridized carbons (Fsp3) is 0.136. The molecule has 0 bridgehead atoms. The van der Waals surface area contributed by atoms with Crippen LogP contribution in [0.25, 0.3) is 0 Å². The summed E-state index contributed by atoms with van der Waals surface area (Å²) in [5, 5.41) is 4.29. The predicted octanol–water partition coefficient (Wildman–Crippen LogP) is 6.09. The Morgan fingerprint density at radius 2 is 1.65 bits per heavy atom. The molecule has 0 saturated heterocycles. The second kappa shape index (κ2) is 8.68. The van der Waals surface area contributed by atoms with Crippen LogP contribution in [0.2, 0.25) is 0 Å². The Kier molecular flexibility index (Phi) is 6.08. The van der Waals surface area contributed by atoms with E-state index < -0.39 is 0 Å². The van der Waals surface area contributed by atoms with Gasteiger partial charge in [0.25, 0.3) is 0 Å². The molecule has 132 valence electrons. The van der Waals surface area contributed by atoms with E-state index in [0.717, 1.165) is 27.0 Å². The topological polar surface area (TPSA) is 33.6 Å². The zero-order valence-electron chi connectivity index (χ0n) is 14.9. The van der Waals surface area contributed by atoms with Crippen LogP contribution in [0.5, 0.6) is 5.75 Å². The minimum absolute atomic E-state index is 0.551. The van der Waals surface area contributed by atoms with Crippen molar-refractivity contribution in [1.29, 1.82) is 0 Å². The molecule has 3 aromatic carbocycles. The third-order valence-electron chi connectivity index (χ3n) is 4.11. The minimum atomic E-state index is 0.551. The lowest BCUT2D eigenvalue weighted by Crippen LogP contribution is -1.95. The normalized spacial score (nSPS) is 10.9. The van der Waals surface area contributed by atoms with Crippen LogP contribution in [-0.4, -0.2) is 6.21 Å². The van der Waals surface area contributed by atoms with Gasteiger partial charge in [0.05, 0.1) is 11.9 Å². The molecule has 0 aliphatic carbocycles. The van der Waals surface area contributed by atoms with Crippen molar-refractivity contribution in [1.82, 2.24) is 0 Å². The molecule has 0 aromatic heterocycles. The number of nitrogens with one attached hydrogen (secondary N) is 1. The first-order valence-electron chi connectivity index (χ1n) is 8.44. The maximum Gasteiger partial charge on any atom is 0.119 e. The van der Waals surface area contributed by atoms with Crippen molar-refractivity contribution >= 4 is 27.8 Å². The van der Waals surface area contributed by atoms with Crippen molar-refractivity contribution in [2.24, 2.45) is 5.10 Å². The van der Waals surface area contributed by atoms with Crippen LogP contribution >= 0.6 is 15.9 Å². The molecule has 1 N–H and O–H groups in total. The predicted molar refractivity (Wildman–Crippen MR) is 112 cm³/mol. The molecule has 0 aliphatic rings. The molecule has 0 aliphatic heterocycles. The summed E-state index contributed by atoms with van der Waals surface area (Å²) >= 11 is 3.43. The summed E-state index contributed by atoms with van der Waals surface area (Å²) < 4.78 is 6.88. The summed E-state index contributed by atoms with van der Waals surface area (Å²) in [6, 6.07) is 22.2. The van der Waals surface area contributed by atoms with Crippen LogP contribution in [0.1, 0.15) is 22.3 Å². The van der Waals surface area contributed by atoms with Gasteiger partial charge in [-0.2, -0.15) is 5.10 Å². The van der Waals surface area contributed by atoms with Gasteiger partial charge in [0.15, 0.2) is 0 Å². The molecule has 0 spiro atoms. The number of hydrogen-bond acceptors (Lipinski definition) is 3. The van der Waals surface area contributed by atoms with E-state index in [0.29, 0.717) is 6.61 Å². The SMILES string of the molecule is Cc1ccc(NN=Cc2ccc(OCc3ccc(Br)cc3)cc2)cc1C. The number of rotatable bonds is 6. The fourth-order valence-corrected chi connectivity index (χ4v) is 2.65. The standard InChI is InChI=1S/C22H21BrN2O/c1-16-3-10-21(13-17(16)2)25-24-14-18-6-11-22(12-7-18)26-15-19-4-8-20(23)9-5-19/h3-14,25H,15H2,1-2H3. The van der Waals surface area contributed by atoms with Crippen molar-refractivity contribution in [2.75, 3.05) is 5.43 Å². The molecule has 0 radical (unpaired) electrons. The quantitative estimate of drug-likeness (QED) is 0.395. The third-order valence-corrected chi connectivity index (χ3v) is 4.64. The van der Waals surface area contributed by atoms with Crippen LogP contribution < -0.4 is 10.2 Å². The van der Waals surface area contributed by atoms with Crippen molar-refractivity contribution in [3.63, 3.8) is 0 Å². The van der Waals surface area contributed by atoms with Crippen LogP contribution in [0.15, 0.2) is 76.3 Å². The summed E-state index contributed by atoms with van der Waals surface area (Å²) in [5.74, 6) is 0.840. The lowest BCUT2D eigenvalue weighted by Gasteiger charge is -2.07. The van der Waals surface area contributed by atoms with Gasteiger partial charge in [0.2, 0.25) is 0 Å². The molecule has 0 fully saturated rings. The van der Waals surface area contributed by atoms with Crippen molar-refractivity contribution in [3.8, 4) is 5.75 Å². The zero-order valence-corrected chi connectivity index (χ0v) is 16.5. The highest BCUT2D eigenvalue weighted by molar-refractivity contribution is 9.10. The highest BCUT2D eigenvalue weighted by Gasteiger charge is 1.97. The summed E-state index contributed by atoms with van der Waals surface area (Å²) in [6.45, 7) is 4.75. The Labute approximate surface area is 162 Å². The maximum absolute atomic E-state index is 5.81. The number of anilines is 1. The number of nitrogens with zero attached hydrogens (tertiary/aromatic N) is 1. The van der Waals surface area contributed by atoms with E-state index in [2.05, 4.69) is 52.4 Å². The van der Waals surface area contributed by atoms with E-state index in [1.165, 1.54) is 11.1 Å². The summed E-state index contributed by atoms with van der Waals surface area (Å²) in [5.41, 5.74) is 8.72. The van der Waals surface area contributed by atoms with Gasteiger partial charge in [0, 0.05) is 4.47 Å². The molecule has 0 heterocycles. The van der Waals surface area contributed by atoms with E-state index in [4.69, 9.17) is 4.74 Å². The Bertz CT molecular complexity index is 887. The molecular formula is C22H21BrN2O. The highest BCUT2D eigenvalue weighted by Crippen LogP contribution is 2.16. The number of ether oxygens (including phenoxy) is 1. The molecule has 0 amide bonds. The van der Waals surface area contributed by atoms with Crippen molar-refractivity contribution in [3.05, 3.63) is 93.5 Å². The Balaban J connectivity index is 1.53. The van der Waals surface area contributed by atoms with Crippen molar-refractivity contribution in [2.45, 2.75) is 20.5 Å². The average Bonchev–Trinajstić information content (AvgIpc) is 2.65. The van der Waals surface area contributed by atoms with Crippen LogP contribution in [0.3, 0.4) is 0 Å². The van der Waals surface area contributed by atoms with E-state index in [1.54, 1.807) is 6.21 Å². The fourth-order valence-electron chi connectivity index (χ4n) is 2.39. The zero-order chi connectivity index (χ0) is 18.4. The van der Waals surface area contributed by atoms with E-state index in [-0.39, 0.29) is 0 Å². The number of benzene rings is 3.